The maximum Gasteiger partial charge on any atom is 0.195 e. The molecule has 0 spiro atoms. The van der Waals surface area contributed by atoms with Crippen LogP contribution in [0.15, 0.2) is 18.3 Å². The Bertz CT molecular complexity index is 362. The van der Waals surface area contributed by atoms with Crippen LogP contribution in [0, 0.1) is 10.6 Å². The summed E-state index contributed by atoms with van der Waals surface area (Å²) in [5, 5.41) is 27.5. The molecule has 0 bridgehead atoms. The standard InChI is InChI=1S/C11H16N2O2/c1-8(2)11-6-9(3-4-13(11)15)5-10(12)7-14/h3-4,6,8,12,14H,5,7H2,1-2H3. The number of rotatable bonds is 4. The molecule has 0 amide bonds. The van der Waals surface area contributed by atoms with E-state index in [4.69, 9.17) is 10.5 Å². The van der Waals surface area contributed by atoms with Crippen molar-refractivity contribution < 1.29 is 9.84 Å². The Morgan fingerprint density at radius 1 is 1.60 bits per heavy atom. The predicted octanol–water partition coefficient (Wildman–Crippen LogP) is 0.998. The molecule has 15 heavy (non-hydrogen) atoms. The van der Waals surface area contributed by atoms with Crippen LogP contribution < -0.4 is 4.73 Å². The molecule has 4 heteroatoms. The average Bonchev–Trinajstić information content (AvgIpc) is 2.20. The fraction of sp³-hybridized carbons (Fsp3) is 0.455. The third-order valence-electron chi connectivity index (χ3n) is 2.21. The average molecular weight is 208 g/mol. The SMILES string of the molecule is CC(C)c1cc(CC(=N)CO)cc[n+]1[O-]. The Hall–Kier alpha value is -1.42. The molecule has 0 atom stereocenters. The summed E-state index contributed by atoms with van der Waals surface area (Å²) in [7, 11) is 0. The van der Waals surface area contributed by atoms with Gasteiger partial charge in [-0.1, -0.05) is 13.8 Å². The highest BCUT2D eigenvalue weighted by Gasteiger charge is 2.11. The zero-order valence-corrected chi connectivity index (χ0v) is 9.03. The van der Waals surface area contributed by atoms with E-state index in [1.807, 2.05) is 13.8 Å². The van der Waals surface area contributed by atoms with Crippen molar-refractivity contribution in [1.82, 2.24) is 0 Å². The molecule has 0 fully saturated rings. The molecule has 0 aliphatic carbocycles. The minimum absolute atomic E-state index is 0.158. The first-order chi connectivity index (χ1) is 7.04. The van der Waals surface area contributed by atoms with Gasteiger partial charge in [0.15, 0.2) is 11.9 Å². The molecule has 2 N–H and O–H groups in total. The molecule has 1 aromatic rings. The summed E-state index contributed by atoms with van der Waals surface area (Å²) in [6.07, 6.45) is 1.85. The molecule has 4 nitrogen and oxygen atoms in total. The van der Waals surface area contributed by atoms with Crippen LogP contribution in [-0.4, -0.2) is 17.4 Å². The van der Waals surface area contributed by atoms with Gasteiger partial charge >= 0.3 is 0 Å². The van der Waals surface area contributed by atoms with Crippen LogP contribution in [0.1, 0.15) is 31.0 Å². The highest BCUT2D eigenvalue weighted by atomic mass is 16.5. The minimum atomic E-state index is -0.233. The van der Waals surface area contributed by atoms with E-state index in [0.29, 0.717) is 12.1 Å². The van der Waals surface area contributed by atoms with Gasteiger partial charge in [-0.15, -0.1) is 0 Å². The molecular formula is C11H16N2O2. The van der Waals surface area contributed by atoms with Crippen molar-refractivity contribution in [2.75, 3.05) is 6.61 Å². The van der Waals surface area contributed by atoms with E-state index in [1.165, 1.54) is 6.20 Å². The highest BCUT2D eigenvalue weighted by molar-refractivity contribution is 5.84. The summed E-state index contributed by atoms with van der Waals surface area (Å²) in [6.45, 7) is 3.67. The maximum atomic E-state index is 11.4. The second-order valence-electron chi connectivity index (χ2n) is 3.88. The molecule has 1 heterocycles. The summed E-state index contributed by atoms with van der Waals surface area (Å²) in [5.74, 6) is 0.158. The number of aliphatic hydroxyl groups is 1. The van der Waals surface area contributed by atoms with Gasteiger partial charge in [0.1, 0.15) is 0 Å². The van der Waals surface area contributed by atoms with Gasteiger partial charge in [0.2, 0.25) is 0 Å². The third-order valence-corrected chi connectivity index (χ3v) is 2.21. The van der Waals surface area contributed by atoms with Gasteiger partial charge in [-0.3, -0.25) is 0 Å². The smallest absolute Gasteiger partial charge is 0.195 e. The largest absolute Gasteiger partial charge is 0.618 e. The lowest BCUT2D eigenvalue weighted by Gasteiger charge is -2.09. The van der Waals surface area contributed by atoms with Gasteiger partial charge in [0, 0.05) is 30.2 Å². The first kappa shape index (κ1) is 11.7. The van der Waals surface area contributed by atoms with Gasteiger partial charge in [0.25, 0.3) is 0 Å². The van der Waals surface area contributed by atoms with Gasteiger partial charge in [-0.25, -0.2) is 0 Å². The number of aliphatic hydroxyl groups excluding tert-OH is 1. The zero-order valence-electron chi connectivity index (χ0n) is 9.03. The lowest BCUT2D eigenvalue weighted by atomic mass is 10.0. The Morgan fingerprint density at radius 3 is 2.80 bits per heavy atom. The number of aromatic nitrogens is 1. The molecule has 0 saturated heterocycles. The monoisotopic (exact) mass is 208 g/mol. The second-order valence-corrected chi connectivity index (χ2v) is 3.88. The summed E-state index contributed by atoms with van der Waals surface area (Å²) in [6, 6.07) is 3.48. The van der Waals surface area contributed by atoms with Crippen molar-refractivity contribution in [1.29, 1.82) is 5.41 Å². The van der Waals surface area contributed by atoms with Crippen LogP contribution in [0.3, 0.4) is 0 Å². The number of hydrogen-bond acceptors (Lipinski definition) is 3. The van der Waals surface area contributed by atoms with Crippen molar-refractivity contribution in [3.63, 3.8) is 0 Å². The zero-order chi connectivity index (χ0) is 11.4. The Morgan fingerprint density at radius 2 is 2.27 bits per heavy atom. The quantitative estimate of drug-likeness (QED) is 0.440. The van der Waals surface area contributed by atoms with Crippen molar-refractivity contribution in [2.24, 2.45) is 0 Å². The number of nitrogens with one attached hydrogen (secondary N) is 1. The number of nitrogens with zero attached hydrogens (tertiary/aromatic N) is 1. The van der Waals surface area contributed by atoms with E-state index in [0.717, 1.165) is 10.3 Å². The maximum absolute atomic E-state index is 11.4. The summed E-state index contributed by atoms with van der Waals surface area (Å²) in [5.41, 5.74) is 1.84. The van der Waals surface area contributed by atoms with Crippen molar-refractivity contribution in [3.05, 3.63) is 34.8 Å². The predicted molar refractivity (Wildman–Crippen MR) is 58.0 cm³/mol. The lowest BCUT2D eigenvalue weighted by Crippen LogP contribution is -2.32. The molecule has 1 aromatic heterocycles. The lowest BCUT2D eigenvalue weighted by molar-refractivity contribution is -0.615. The molecular weight excluding hydrogens is 192 g/mol. The molecule has 0 aliphatic rings. The second kappa shape index (κ2) is 4.89. The molecule has 0 aliphatic heterocycles. The van der Waals surface area contributed by atoms with Crippen molar-refractivity contribution >= 4 is 5.71 Å². The van der Waals surface area contributed by atoms with Gasteiger partial charge in [0.05, 0.1) is 6.61 Å². The van der Waals surface area contributed by atoms with Crippen LogP contribution in [0.25, 0.3) is 0 Å². The molecule has 0 radical (unpaired) electrons. The van der Waals surface area contributed by atoms with Gasteiger partial charge in [-0.05, 0) is 5.56 Å². The first-order valence-electron chi connectivity index (χ1n) is 4.93. The minimum Gasteiger partial charge on any atom is -0.618 e. The molecule has 82 valence electrons. The summed E-state index contributed by atoms with van der Waals surface area (Å²) in [4.78, 5) is 0. The summed E-state index contributed by atoms with van der Waals surface area (Å²) >= 11 is 0. The van der Waals surface area contributed by atoms with Crippen LogP contribution in [0.4, 0.5) is 0 Å². The Balaban J connectivity index is 2.92. The Labute approximate surface area is 89.3 Å². The highest BCUT2D eigenvalue weighted by Crippen LogP contribution is 2.11. The normalized spacial score (nSPS) is 10.7. The van der Waals surface area contributed by atoms with Crippen LogP contribution in [0.2, 0.25) is 0 Å². The fourth-order valence-electron chi connectivity index (χ4n) is 1.38. The Kier molecular flexibility index (Phi) is 3.80. The van der Waals surface area contributed by atoms with Crippen LogP contribution in [-0.2, 0) is 6.42 Å². The molecule has 0 aromatic carbocycles. The van der Waals surface area contributed by atoms with E-state index in [9.17, 15) is 5.21 Å². The van der Waals surface area contributed by atoms with E-state index < -0.39 is 0 Å². The molecule has 0 saturated carbocycles. The summed E-state index contributed by atoms with van der Waals surface area (Å²) < 4.78 is 0.844. The van der Waals surface area contributed by atoms with E-state index in [-0.39, 0.29) is 18.2 Å². The van der Waals surface area contributed by atoms with Crippen LogP contribution in [0.5, 0.6) is 0 Å². The van der Waals surface area contributed by atoms with Crippen molar-refractivity contribution in [2.45, 2.75) is 26.2 Å². The fourth-order valence-corrected chi connectivity index (χ4v) is 1.38. The molecule has 0 unspecified atom stereocenters. The van der Waals surface area contributed by atoms with E-state index in [1.54, 1.807) is 12.1 Å². The third kappa shape index (κ3) is 3.02. The van der Waals surface area contributed by atoms with Crippen LogP contribution >= 0.6 is 0 Å². The van der Waals surface area contributed by atoms with Crippen molar-refractivity contribution in [3.8, 4) is 0 Å². The topological polar surface area (TPSA) is 71.0 Å². The van der Waals surface area contributed by atoms with Gasteiger partial charge in [-0.2, -0.15) is 4.73 Å². The molecule has 1 rings (SSSR count). The number of hydrogen-bond donors (Lipinski definition) is 2. The van der Waals surface area contributed by atoms with Gasteiger partial charge < -0.3 is 15.7 Å². The first-order valence-corrected chi connectivity index (χ1v) is 4.93. The van der Waals surface area contributed by atoms with E-state index >= 15 is 0 Å². The number of pyridine rings is 1. The van der Waals surface area contributed by atoms with E-state index in [2.05, 4.69) is 0 Å².